The van der Waals surface area contributed by atoms with Gasteiger partial charge < -0.3 is 9.47 Å². The summed E-state index contributed by atoms with van der Waals surface area (Å²) in [5.41, 5.74) is 0. The first kappa shape index (κ1) is 17.1. The van der Waals surface area contributed by atoms with E-state index in [-0.39, 0.29) is 19.6 Å². The van der Waals surface area contributed by atoms with Crippen LogP contribution in [0.2, 0.25) is 0 Å². The van der Waals surface area contributed by atoms with E-state index in [0.29, 0.717) is 12.8 Å². The Hall–Kier alpha value is -0.920. The van der Waals surface area contributed by atoms with Crippen LogP contribution in [0.1, 0.15) is 33.1 Å². The van der Waals surface area contributed by atoms with Gasteiger partial charge in [0.05, 0.1) is 13.2 Å². The zero-order valence-electron chi connectivity index (χ0n) is 10.7. The van der Waals surface area contributed by atoms with Gasteiger partial charge in [-0.3, -0.25) is 4.55 Å². The van der Waals surface area contributed by atoms with Gasteiger partial charge in [0.15, 0.2) is 4.93 Å². The predicted octanol–water partition coefficient (Wildman–Crippen LogP) is 1.53. The van der Waals surface area contributed by atoms with Crippen LogP contribution < -0.4 is 0 Å². The number of rotatable bonds is 9. The normalized spacial score (nSPS) is 14.8. The summed E-state index contributed by atoms with van der Waals surface area (Å²) in [5.74, 6) is -0.541. The van der Waals surface area contributed by atoms with Crippen LogP contribution in [-0.2, 0) is 24.4 Å². The van der Waals surface area contributed by atoms with Gasteiger partial charge in [-0.25, -0.2) is 4.79 Å². The summed E-state index contributed by atoms with van der Waals surface area (Å²) in [4.78, 5) is 9.11. The summed E-state index contributed by atoms with van der Waals surface area (Å²) in [6, 6.07) is 0. The van der Waals surface area contributed by atoms with Gasteiger partial charge >= 0.3 is 5.97 Å². The van der Waals surface area contributed by atoms with E-state index in [1.807, 2.05) is 0 Å². The Morgan fingerprint density at radius 3 is 2.50 bits per heavy atom. The fraction of sp³-hybridized carbons (Fsp3) is 0.727. The second-order valence-electron chi connectivity index (χ2n) is 3.93. The summed E-state index contributed by atoms with van der Waals surface area (Å²) >= 11 is 0. The number of carbonyl (C=O) groups excluding carboxylic acids is 1. The fourth-order valence-corrected chi connectivity index (χ4v) is 2.00. The van der Waals surface area contributed by atoms with Gasteiger partial charge in [0.25, 0.3) is 10.1 Å². The van der Waals surface area contributed by atoms with E-state index in [9.17, 15) is 13.2 Å². The quantitative estimate of drug-likeness (QED) is 0.298. The summed E-state index contributed by atoms with van der Waals surface area (Å²) in [5, 5.41) is 0. The van der Waals surface area contributed by atoms with Gasteiger partial charge in [0, 0.05) is 12.5 Å². The third-order valence-electron chi connectivity index (χ3n) is 2.36. The first-order chi connectivity index (χ1) is 8.27. The molecule has 1 N–H and O–H groups in total. The third-order valence-corrected chi connectivity index (χ3v) is 3.77. The monoisotopic (exact) mass is 280 g/mol. The topological polar surface area (TPSA) is 89.9 Å². The minimum absolute atomic E-state index is 0.0702. The molecule has 0 aliphatic rings. The number of hydrogen-bond acceptors (Lipinski definition) is 5. The maximum absolute atomic E-state index is 11.2. The number of hydrogen-bond donors (Lipinski definition) is 1. The van der Waals surface area contributed by atoms with Gasteiger partial charge in [0.1, 0.15) is 0 Å². The van der Waals surface area contributed by atoms with Gasteiger partial charge in [-0.15, -0.1) is 0 Å². The van der Waals surface area contributed by atoms with Crippen LogP contribution in [0.5, 0.6) is 0 Å². The van der Waals surface area contributed by atoms with E-state index in [2.05, 4.69) is 6.58 Å². The molecule has 0 bridgehead atoms. The predicted molar refractivity (Wildman–Crippen MR) is 66.6 cm³/mol. The molecule has 0 saturated heterocycles. The molecule has 1 atom stereocenters. The Morgan fingerprint density at radius 2 is 2.06 bits per heavy atom. The lowest BCUT2D eigenvalue weighted by Crippen LogP contribution is -2.38. The first-order valence-electron chi connectivity index (χ1n) is 5.67. The molecule has 0 aliphatic carbocycles. The van der Waals surface area contributed by atoms with E-state index in [1.165, 1.54) is 6.92 Å². The highest BCUT2D eigenvalue weighted by Crippen LogP contribution is 2.23. The van der Waals surface area contributed by atoms with E-state index >= 15 is 0 Å². The van der Waals surface area contributed by atoms with Crippen molar-refractivity contribution in [3.8, 4) is 0 Å². The molecule has 0 spiro atoms. The van der Waals surface area contributed by atoms with Crippen LogP contribution >= 0.6 is 0 Å². The molecule has 0 amide bonds. The lowest BCUT2D eigenvalue weighted by Gasteiger charge is -2.26. The summed E-state index contributed by atoms with van der Waals surface area (Å²) in [7, 11) is -4.28. The zero-order chi connectivity index (χ0) is 14.2. The number of esters is 1. The molecule has 0 aromatic heterocycles. The molecule has 0 rings (SSSR count). The molecule has 0 saturated carbocycles. The highest BCUT2D eigenvalue weighted by Gasteiger charge is 2.37. The molecule has 6 nitrogen and oxygen atoms in total. The average Bonchev–Trinajstić information content (AvgIpc) is 2.27. The van der Waals surface area contributed by atoms with Crippen molar-refractivity contribution >= 4 is 16.1 Å². The molecule has 0 radical (unpaired) electrons. The van der Waals surface area contributed by atoms with E-state index in [4.69, 9.17) is 14.0 Å². The third kappa shape index (κ3) is 5.61. The molecule has 106 valence electrons. The van der Waals surface area contributed by atoms with Gasteiger partial charge in [-0.1, -0.05) is 19.9 Å². The van der Waals surface area contributed by atoms with Crippen molar-refractivity contribution in [1.82, 2.24) is 0 Å². The number of ether oxygens (including phenoxy) is 2. The highest BCUT2D eigenvalue weighted by molar-refractivity contribution is 7.87. The SMILES string of the molecule is C=CC(=O)OCCCOC(C)(CCC)S(=O)(=O)O. The van der Waals surface area contributed by atoms with Crippen molar-refractivity contribution in [2.75, 3.05) is 13.2 Å². The van der Waals surface area contributed by atoms with Crippen molar-refractivity contribution in [1.29, 1.82) is 0 Å². The maximum atomic E-state index is 11.2. The van der Waals surface area contributed by atoms with Crippen molar-refractivity contribution < 1.29 is 27.2 Å². The van der Waals surface area contributed by atoms with Crippen LogP contribution in [-0.4, -0.2) is 37.1 Å². The molecule has 1 unspecified atom stereocenters. The van der Waals surface area contributed by atoms with Crippen molar-refractivity contribution in [2.45, 2.75) is 38.0 Å². The van der Waals surface area contributed by atoms with Crippen LogP contribution in [0.3, 0.4) is 0 Å². The number of carbonyl (C=O) groups is 1. The van der Waals surface area contributed by atoms with Gasteiger partial charge in [0.2, 0.25) is 0 Å². The van der Waals surface area contributed by atoms with Crippen LogP contribution in [0, 0.1) is 0 Å². The fourth-order valence-electron chi connectivity index (χ4n) is 1.31. The highest BCUT2D eigenvalue weighted by atomic mass is 32.2. The molecule has 0 fully saturated rings. The summed E-state index contributed by atoms with van der Waals surface area (Å²) in [6.07, 6.45) is 2.13. The molecule has 0 aliphatic heterocycles. The zero-order valence-corrected chi connectivity index (χ0v) is 11.5. The summed E-state index contributed by atoms with van der Waals surface area (Å²) in [6.45, 7) is 6.53. The second-order valence-corrected chi connectivity index (χ2v) is 5.75. The smallest absolute Gasteiger partial charge is 0.330 e. The van der Waals surface area contributed by atoms with E-state index in [0.717, 1.165) is 6.08 Å². The van der Waals surface area contributed by atoms with Crippen LogP contribution in [0.25, 0.3) is 0 Å². The Kier molecular flexibility index (Phi) is 7.12. The first-order valence-corrected chi connectivity index (χ1v) is 7.11. The van der Waals surface area contributed by atoms with Crippen LogP contribution in [0.15, 0.2) is 12.7 Å². The van der Waals surface area contributed by atoms with Gasteiger partial charge in [-0.05, 0) is 13.3 Å². The lowest BCUT2D eigenvalue weighted by molar-refractivity contribution is -0.138. The Labute approximate surface area is 108 Å². The minimum Gasteiger partial charge on any atom is -0.462 e. The molecular formula is C11H20O6S. The summed E-state index contributed by atoms with van der Waals surface area (Å²) < 4.78 is 41.4. The van der Waals surface area contributed by atoms with E-state index < -0.39 is 21.0 Å². The molecular weight excluding hydrogens is 260 g/mol. The molecule has 0 aromatic rings. The minimum atomic E-state index is -4.28. The Morgan fingerprint density at radius 1 is 1.44 bits per heavy atom. The van der Waals surface area contributed by atoms with Crippen LogP contribution in [0.4, 0.5) is 0 Å². The van der Waals surface area contributed by atoms with Crippen molar-refractivity contribution in [3.63, 3.8) is 0 Å². The van der Waals surface area contributed by atoms with Crippen molar-refractivity contribution in [3.05, 3.63) is 12.7 Å². The van der Waals surface area contributed by atoms with E-state index in [1.54, 1.807) is 6.92 Å². The Balaban J connectivity index is 4.15. The van der Waals surface area contributed by atoms with Crippen molar-refractivity contribution in [2.24, 2.45) is 0 Å². The molecule has 0 heterocycles. The largest absolute Gasteiger partial charge is 0.462 e. The molecule has 18 heavy (non-hydrogen) atoms. The molecule has 0 aromatic carbocycles. The maximum Gasteiger partial charge on any atom is 0.330 e. The average molecular weight is 280 g/mol. The molecule has 7 heteroatoms. The lowest BCUT2D eigenvalue weighted by atomic mass is 10.2. The standard InChI is InChI=1S/C11H20O6S/c1-4-7-11(3,18(13,14)15)17-9-6-8-16-10(12)5-2/h5H,2,4,6-9H2,1,3H3,(H,13,14,15). The Bertz CT molecular complexity index is 375. The van der Waals surface area contributed by atoms with Gasteiger partial charge in [-0.2, -0.15) is 8.42 Å². The second kappa shape index (κ2) is 7.50.